The smallest absolute Gasteiger partial charge is 0.120 e. The van der Waals surface area contributed by atoms with Crippen molar-refractivity contribution in [3.63, 3.8) is 0 Å². The molecule has 0 aliphatic heterocycles. The van der Waals surface area contributed by atoms with Gasteiger partial charge in [-0.15, -0.1) is 0 Å². The van der Waals surface area contributed by atoms with Gasteiger partial charge in [-0.2, -0.15) is 0 Å². The van der Waals surface area contributed by atoms with Crippen LogP contribution < -0.4 is 0 Å². The summed E-state index contributed by atoms with van der Waals surface area (Å²) in [5.41, 5.74) is 5.72. The minimum Gasteiger partial charge on any atom is -0.508 e. The molecule has 2 nitrogen and oxygen atoms in total. The molecule has 3 aliphatic carbocycles. The van der Waals surface area contributed by atoms with E-state index in [0.717, 1.165) is 21.9 Å². The molecule has 3 aromatic carbocycles. The number of aliphatic hydroxyl groups is 1. The van der Waals surface area contributed by atoms with Crippen LogP contribution in [0.25, 0.3) is 29.0 Å². The first-order valence-electron chi connectivity index (χ1n) is 9.82. The number of rotatable bonds is 1. The summed E-state index contributed by atoms with van der Waals surface area (Å²) >= 11 is 0. The SMILES string of the molecule is Oc1ccc2cccc3c2c1C(C1C=Cc2cccc4c2C1C(O)C=C4)C=C3. The molecule has 3 aromatic rings. The molecule has 4 atom stereocenters. The fourth-order valence-corrected chi connectivity index (χ4v) is 5.39. The summed E-state index contributed by atoms with van der Waals surface area (Å²) in [4.78, 5) is 0. The molecule has 6 rings (SSSR count). The van der Waals surface area contributed by atoms with Crippen LogP contribution in [0.5, 0.6) is 5.75 Å². The van der Waals surface area contributed by atoms with Crippen molar-refractivity contribution < 1.29 is 10.2 Å². The topological polar surface area (TPSA) is 40.5 Å². The van der Waals surface area contributed by atoms with Crippen LogP contribution in [-0.4, -0.2) is 16.3 Å². The van der Waals surface area contributed by atoms with E-state index >= 15 is 0 Å². The van der Waals surface area contributed by atoms with Crippen molar-refractivity contribution in [2.75, 3.05) is 0 Å². The molecule has 0 heterocycles. The fourth-order valence-electron chi connectivity index (χ4n) is 5.39. The monoisotopic (exact) mass is 364 g/mol. The Labute approximate surface area is 163 Å². The Morgan fingerprint density at radius 3 is 2.25 bits per heavy atom. The first-order valence-corrected chi connectivity index (χ1v) is 9.82. The van der Waals surface area contributed by atoms with Crippen LogP contribution >= 0.6 is 0 Å². The Kier molecular flexibility index (Phi) is 3.24. The van der Waals surface area contributed by atoms with Crippen molar-refractivity contribution in [2.24, 2.45) is 5.92 Å². The van der Waals surface area contributed by atoms with Gasteiger partial charge in [-0.25, -0.2) is 0 Å². The second-order valence-electron chi connectivity index (χ2n) is 7.99. The third-order valence-electron chi connectivity index (χ3n) is 6.59. The molecule has 0 saturated carbocycles. The molecule has 0 fully saturated rings. The predicted octanol–water partition coefficient (Wildman–Crippen LogP) is 5.47. The molecular formula is C26H20O2. The standard InChI is InChI=1S/C26H20O2/c27-21-13-9-17-5-1-3-15-7-11-19(25(21)23(15)17)20-12-8-16-4-2-6-18-10-14-22(28)26(20)24(16)18/h1-14,19-21,25,27-28H. The van der Waals surface area contributed by atoms with Crippen LogP contribution in [0.3, 0.4) is 0 Å². The highest BCUT2D eigenvalue weighted by Crippen LogP contribution is 2.52. The fraction of sp³-hybridized carbons (Fsp3) is 0.154. The second-order valence-corrected chi connectivity index (χ2v) is 7.99. The zero-order valence-corrected chi connectivity index (χ0v) is 15.3. The molecule has 0 bridgehead atoms. The van der Waals surface area contributed by atoms with Gasteiger partial charge < -0.3 is 10.2 Å². The van der Waals surface area contributed by atoms with Gasteiger partial charge in [-0.1, -0.05) is 78.9 Å². The lowest BCUT2D eigenvalue weighted by Gasteiger charge is -2.40. The van der Waals surface area contributed by atoms with Crippen LogP contribution in [0.4, 0.5) is 0 Å². The number of phenols is 1. The largest absolute Gasteiger partial charge is 0.508 e. The Bertz CT molecular complexity index is 1210. The maximum absolute atomic E-state index is 10.9. The summed E-state index contributed by atoms with van der Waals surface area (Å²) in [5, 5.41) is 24.0. The van der Waals surface area contributed by atoms with E-state index < -0.39 is 6.10 Å². The molecule has 0 amide bonds. The Hall–Kier alpha value is -3.10. The van der Waals surface area contributed by atoms with E-state index in [2.05, 4.69) is 60.7 Å². The van der Waals surface area contributed by atoms with E-state index in [1.54, 1.807) is 6.07 Å². The average molecular weight is 364 g/mol. The number of hydrogen-bond donors (Lipinski definition) is 2. The molecule has 136 valence electrons. The van der Waals surface area contributed by atoms with E-state index in [-0.39, 0.29) is 17.8 Å². The molecule has 2 N–H and O–H groups in total. The molecule has 0 radical (unpaired) electrons. The number of phenolic OH excluding ortho intramolecular Hbond substituents is 1. The minimum absolute atomic E-state index is 0.0159. The molecule has 3 aliphatic rings. The van der Waals surface area contributed by atoms with Gasteiger partial charge in [-0.05, 0) is 45.0 Å². The van der Waals surface area contributed by atoms with E-state index in [1.807, 2.05) is 18.2 Å². The zero-order chi connectivity index (χ0) is 18.8. The predicted molar refractivity (Wildman–Crippen MR) is 114 cm³/mol. The van der Waals surface area contributed by atoms with Gasteiger partial charge in [0.2, 0.25) is 0 Å². The lowest BCUT2D eigenvalue weighted by molar-refractivity contribution is 0.162. The van der Waals surface area contributed by atoms with Crippen LogP contribution in [0, 0.1) is 5.92 Å². The quantitative estimate of drug-likeness (QED) is 0.601. The van der Waals surface area contributed by atoms with Crippen molar-refractivity contribution in [1.82, 2.24) is 0 Å². The van der Waals surface area contributed by atoms with Gasteiger partial charge in [0.05, 0.1) is 6.10 Å². The van der Waals surface area contributed by atoms with Crippen molar-refractivity contribution in [3.8, 4) is 5.75 Å². The summed E-state index contributed by atoms with van der Waals surface area (Å²) in [6, 6.07) is 16.3. The Morgan fingerprint density at radius 2 is 1.39 bits per heavy atom. The van der Waals surface area contributed by atoms with Crippen molar-refractivity contribution in [1.29, 1.82) is 0 Å². The van der Waals surface area contributed by atoms with Gasteiger partial charge in [0, 0.05) is 17.4 Å². The molecule has 4 unspecified atom stereocenters. The average Bonchev–Trinajstić information content (AvgIpc) is 2.73. The van der Waals surface area contributed by atoms with Crippen LogP contribution in [0.1, 0.15) is 39.7 Å². The third-order valence-corrected chi connectivity index (χ3v) is 6.59. The summed E-state index contributed by atoms with van der Waals surface area (Å²) in [7, 11) is 0. The van der Waals surface area contributed by atoms with Gasteiger partial charge >= 0.3 is 0 Å². The summed E-state index contributed by atoms with van der Waals surface area (Å²) < 4.78 is 0. The molecular weight excluding hydrogens is 344 g/mol. The lowest BCUT2D eigenvalue weighted by atomic mass is 9.65. The highest BCUT2D eigenvalue weighted by atomic mass is 16.3. The number of allylic oxidation sites excluding steroid dienone is 2. The molecule has 0 saturated heterocycles. The van der Waals surface area contributed by atoms with Crippen LogP contribution in [-0.2, 0) is 0 Å². The molecule has 0 aromatic heterocycles. The van der Waals surface area contributed by atoms with Crippen LogP contribution in [0.2, 0.25) is 0 Å². The van der Waals surface area contributed by atoms with E-state index in [0.29, 0.717) is 5.75 Å². The number of benzene rings is 3. The zero-order valence-electron chi connectivity index (χ0n) is 15.3. The maximum Gasteiger partial charge on any atom is 0.120 e. The van der Waals surface area contributed by atoms with Gasteiger partial charge in [-0.3, -0.25) is 0 Å². The van der Waals surface area contributed by atoms with Crippen molar-refractivity contribution in [3.05, 3.63) is 94.6 Å². The van der Waals surface area contributed by atoms with E-state index in [4.69, 9.17) is 0 Å². The van der Waals surface area contributed by atoms with Gasteiger partial charge in [0.25, 0.3) is 0 Å². The molecule has 28 heavy (non-hydrogen) atoms. The highest BCUT2D eigenvalue weighted by molar-refractivity contribution is 5.97. The minimum atomic E-state index is -0.532. The Balaban J connectivity index is 1.57. The van der Waals surface area contributed by atoms with E-state index in [1.165, 1.54) is 16.7 Å². The summed E-state index contributed by atoms with van der Waals surface area (Å²) in [5.74, 6) is 0.412. The summed E-state index contributed by atoms with van der Waals surface area (Å²) in [6.07, 6.45) is 12.2. The third kappa shape index (κ3) is 2.07. The number of aliphatic hydroxyl groups excluding tert-OH is 1. The Morgan fingerprint density at radius 1 is 0.679 bits per heavy atom. The van der Waals surface area contributed by atoms with Crippen LogP contribution in [0.15, 0.2) is 66.8 Å². The van der Waals surface area contributed by atoms with Crippen molar-refractivity contribution in [2.45, 2.75) is 17.9 Å². The molecule has 2 heteroatoms. The highest BCUT2D eigenvalue weighted by Gasteiger charge is 2.40. The normalized spacial score (nSPS) is 26.5. The first-order chi connectivity index (χ1) is 13.7. The second kappa shape index (κ2) is 5.70. The maximum atomic E-state index is 10.9. The number of aromatic hydroxyl groups is 1. The number of hydrogen-bond acceptors (Lipinski definition) is 2. The lowest BCUT2D eigenvalue weighted by Crippen LogP contribution is -2.32. The van der Waals surface area contributed by atoms with E-state index in [9.17, 15) is 10.2 Å². The van der Waals surface area contributed by atoms with Crippen molar-refractivity contribution >= 4 is 29.0 Å². The van der Waals surface area contributed by atoms with Gasteiger partial charge in [0.1, 0.15) is 5.75 Å². The summed E-state index contributed by atoms with van der Waals surface area (Å²) in [6.45, 7) is 0. The van der Waals surface area contributed by atoms with Gasteiger partial charge in [0.15, 0.2) is 0 Å². The molecule has 0 spiro atoms. The first kappa shape index (κ1) is 15.9.